The van der Waals surface area contributed by atoms with Crippen molar-refractivity contribution in [2.45, 2.75) is 276 Å². The zero-order chi connectivity index (χ0) is 100. The van der Waals surface area contributed by atoms with E-state index < -0.39 is 247 Å². The largest absolute Gasteiger partial charge is 0.467 e. The number of unbranched alkanes of at least 4 members (excludes halogenated alkanes) is 1. The van der Waals surface area contributed by atoms with Gasteiger partial charge in [0, 0.05) is 32.6 Å². The minimum absolute atomic E-state index is 0.00119. The third-order valence-corrected chi connectivity index (χ3v) is 20.9. The minimum Gasteiger partial charge on any atom is -0.467 e. The van der Waals surface area contributed by atoms with Gasteiger partial charge in [0.25, 0.3) is 0 Å². The van der Waals surface area contributed by atoms with Crippen molar-refractivity contribution in [3.05, 3.63) is 35.9 Å². The molecule has 49 heteroatoms. The van der Waals surface area contributed by atoms with Gasteiger partial charge in [-0.15, -0.1) is 0 Å². The Hall–Kier alpha value is -13.3. The lowest BCUT2D eigenvalue weighted by molar-refractivity contribution is -0.147. The highest BCUT2D eigenvalue weighted by molar-refractivity contribution is 6.02. The Balaban J connectivity index is 2.75. The number of carbonyl (C=O) groups excluding carboxylic acids is 18. The number of methoxy groups -OCH3 is 1. The van der Waals surface area contributed by atoms with Crippen LogP contribution in [0.3, 0.4) is 0 Å². The van der Waals surface area contributed by atoms with Crippen LogP contribution in [-0.2, 0) is 97.5 Å². The maximum absolute atomic E-state index is 15.0. The summed E-state index contributed by atoms with van der Waals surface area (Å²) in [5.74, 6) is -21.4. The fraction of sp³-hybridized carbons (Fsp3) is 0.667. The molecule has 1 fully saturated rings. The summed E-state index contributed by atoms with van der Waals surface area (Å²) in [5, 5.41) is 82.0. The van der Waals surface area contributed by atoms with Crippen LogP contribution in [-0.4, -0.2) is 268 Å². The van der Waals surface area contributed by atoms with Crippen LogP contribution in [0, 0.1) is 51.2 Å². The van der Waals surface area contributed by atoms with E-state index in [4.69, 9.17) is 60.8 Å². The van der Waals surface area contributed by atoms with E-state index in [1.165, 1.54) is 6.92 Å². The average molecular weight is 1880 g/mol. The first-order valence-corrected chi connectivity index (χ1v) is 44.8. The summed E-state index contributed by atoms with van der Waals surface area (Å²) < 4.78 is 4.87. The number of hydrogen-bond acceptors (Lipinski definition) is 24. The van der Waals surface area contributed by atoms with E-state index in [0.717, 1.165) is 7.11 Å². The van der Waals surface area contributed by atoms with Crippen molar-refractivity contribution < 1.29 is 91.0 Å². The molecule has 15 atom stereocenters. The highest BCUT2D eigenvalue weighted by atomic mass is 16.5. The lowest BCUT2D eigenvalue weighted by atomic mass is 9.98. The molecule has 1 aliphatic heterocycles. The summed E-state index contributed by atoms with van der Waals surface area (Å²) in [6, 6.07) is -12.9. The maximum atomic E-state index is 15.0. The standard InChI is InChI=1S/C84H146N30O19/c1-13-47(10)66(80(132)133-12)114-78(130)59(39-61(86)115)112-72(124)54(29-22-34-98-84(93)94)104-68(120)50(26-19-31-95-81(87)88)102-64(118)42-100-79(131)65(46(8)9)113-77(129)57(37-45(6)7)110-70(122)51(25-17-18-30-85)106-76(128)60-40-62(116)99-41-63(117)103-55(35-43(2)3)74(126)107-52(27-20-32-96-82(89)90)69(121)105-53(28-21-33-97-83(91)92)71(123)109-56(36-44(4)5)75(127)111-58(38-49-23-15-14-16-24-49)73(125)101-48(11)67(119)108-60/h14-16,23-24,43-48,50-60,65-66H,13,17-22,25-42,85H2,1-12H3,(H2,86,115)(H,99,116)(H,100,131)(H,101,125)(H,102,118)(H,103,117)(H,104,120)(H,105,121)(H,106,128)(H,107,126)(H,108,119)(H,109,123)(H,110,122)(H,111,127)(H,112,124)(H,113,129)(H,114,130)(H4,87,88,95)(H4,89,90,96)(H4,91,92,97)(H4,93,94,98)/t47-,48-,50-,51-,52-,53-,54-,55?,56?,57-,58-,59-,60?,65-,66-/m0/s1. The predicted molar refractivity (Wildman–Crippen MR) is 491 cm³/mol. The van der Waals surface area contributed by atoms with Gasteiger partial charge in [-0.05, 0) is 139 Å². The Kier molecular flexibility index (Phi) is 53.4. The number of benzene rings is 1. The zero-order valence-electron chi connectivity index (χ0n) is 78.3. The van der Waals surface area contributed by atoms with Crippen molar-refractivity contribution in [3.63, 3.8) is 0 Å². The molecule has 133 heavy (non-hydrogen) atoms. The second-order valence-corrected chi connectivity index (χ2v) is 34.3. The minimum atomic E-state index is -1.97. The predicted octanol–water partition coefficient (Wildman–Crippen LogP) is -7.26. The van der Waals surface area contributed by atoms with E-state index in [2.05, 4.69) is 106 Å². The van der Waals surface area contributed by atoms with Crippen molar-refractivity contribution in [2.75, 3.05) is 52.9 Å². The molecule has 0 aromatic heterocycles. The van der Waals surface area contributed by atoms with E-state index in [-0.39, 0.29) is 153 Å². The van der Waals surface area contributed by atoms with Crippen molar-refractivity contribution in [2.24, 2.45) is 64.0 Å². The van der Waals surface area contributed by atoms with Gasteiger partial charge in [-0.3, -0.25) is 103 Å². The fourth-order valence-electron chi connectivity index (χ4n) is 13.6. The number of hydrogen-bond donors (Lipinski definition) is 30. The van der Waals surface area contributed by atoms with Crippen molar-refractivity contribution in [1.29, 1.82) is 21.6 Å². The van der Waals surface area contributed by atoms with Crippen LogP contribution in [0.15, 0.2) is 30.3 Å². The lowest BCUT2D eigenvalue weighted by Gasteiger charge is -2.29. The molecule has 17 amide bonds. The molecule has 0 aliphatic carbocycles. The molecule has 3 unspecified atom stereocenters. The van der Waals surface area contributed by atoms with Gasteiger partial charge in [-0.2, -0.15) is 0 Å². The number of esters is 1. The number of primary amides is 1. The number of ether oxygens (including phenoxy) is 1. The van der Waals surface area contributed by atoms with E-state index in [1.54, 1.807) is 99.6 Å². The number of carbonyl (C=O) groups is 18. The third kappa shape index (κ3) is 46.9. The quantitative estimate of drug-likeness (QED) is 0.0125. The summed E-state index contributed by atoms with van der Waals surface area (Å²) in [6.07, 6.45) is -1.91. The summed E-state index contributed by atoms with van der Waals surface area (Å²) in [6.45, 7) is 16.6. The maximum Gasteiger partial charge on any atom is 0.328 e. The summed E-state index contributed by atoms with van der Waals surface area (Å²) in [7, 11) is 1.10. The van der Waals surface area contributed by atoms with Crippen LogP contribution >= 0.6 is 0 Å². The van der Waals surface area contributed by atoms with Crippen molar-refractivity contribution in [3.8, 4) is 0 Å². The monoisotopic (exact) mass is 1880 g/mol. The third-order valence-electron chi connectivity index (χ3n) is 20.9. The van der Waals surface area contributed by atoms with Crippen molar-refractivity contribution in [1.82, 2.24) is 106 Å². The average Bonchev–Trinajstić information content (AvgIpc) is 0.881. The highest BCUT2D eigenvalue weighted by Crippen LogP contribution is 2.17. The molecule has 2 rings (SSSR count). The molecule has 1 aliphatic rings. The van der Waals surface area contributed by atoms with Crippen molar-refractivity contribution >= 4 is 130 Å². The number of nitrogens with one attached hydrogen (secondary N) is 24. The number of nitrogens with two attached hydrogens (primary N) is 6. The SMILES string of the molecule is CC[C@H](C)[C@H](NC(=O)[C@H](CC(N)=O)NC(=O)[C@H](CCCNC(=N)N)NC(=O)[C@H](CCCNC(=N)N)NC(=O)CNC(=O)[C@@H](NC(=O)[C@H](CC(C)C)NC(=O)[C@H](CCCCN)NC(=O)C1CC(=O)NCC(=O)NC(CC(C)C)C(=O)N[C@@H](CCCNC(=N)N)C(=O)N[C@@H](CCCNC(=N)N)C(=O)NC(CC(C)C)C(=O)N[C@@H](Cc2ccccc2)C(=O)N[C@@H](C)C(=O)N1)C(C)C)C(=O)OC. The van der Waals surface area contributed by atoms with Crippen LogP contribution in [0.25, 0.3) is 0 Å². The molecule has 746 valence electrons. The van der Waals surface area contributed by atoms with Crippen LogP contribution in [0.2, 0.25) is 0 Å². The Bertz CT molecular complexity index is 4100. The Morgan fingerprint density at radius 2 is 0.880 bits per heavy atom. The van der Waals surface area contributed by atoms with E-state index in [9.17, 15) is 81.5 Å². The summed E-state index contributed by atoms with van der Waals surface area (Å²) >= 11 is 0. The van der Waals surface area contributed by atoms with E-state index >= 15 is 4.79 Å². The van der Waals surface area contributed by atoms with Gasteiger partial charge in [0.05, 0.1) is 33.0 Å². The highest BCUT2D eigenvalue weighted by Gasteiger charge is 2.40. The van der Waals surface area contributed by atoms with Gasteiger partial charge >= 0.3 is 5.97 Å². The molecule has 1 heterocycles. The molecule has 0 radical (unpaired) electrons. The first-order valence-electron chi connectivity index (χ1n) is 44.8. The Labute approximate surface area is 775 Å². The first-order chi connectivity index (χ1) is 62.6. The van der Waals surface area contributed by atoms with Crippen LogP contribution in [0.5, 0.6) is 0 Å². The van der Waals surface area contributed by atoms with Gasteiger partial charge in [-0.1, -0.05) is 106 Å². The zero-order valence-corrected chi connectivity index (χ0v) is 78.3. The molecular formula is C84H146N30O19. The molecule has 0 saturated carbocycles. The molecule has 1 aromatic carbocycles. The number of amides is 17. The molecule has 0 spiro atoms. The van der Waals surface area contributed by atoms with Crippen LogP contribution in [0.1, 0.15) is 191 Å². The molecular weight excluding hydrogens is 1730 g/mol. The topological polar surface area (TPSA) is 809 Å². The first kappa shape index (κ1) is 116. The van der Waals surface area contributed by atoms with E-state index in [1.807, 2.05) is 0 Å². The molecule has 49 nitrogen and oxygen atoms in total. The van der Waals surface area contributed by atoms with Gasteiger partial charge in [0.15, 0.2) is 23.8 Å². The fourth-order valence-corrected chi connectivity index (χ4v) is 13.6. The molecule has 36 N–H and O–H groups in total. The van der Waals surface area contributed by atoms with Gasteiger partial charge < -0.3 is 145 Å². The Morgan fingerprint density at radius 1 is 0.451 bits per heavy atom. The van der Waals surface area contributed by atoms with Gasteiger partial charge in [0.2, 0.25) is 100 Å². The van der Waals surface area contributed by atoms with Gasteiger partial charge in [-0.25, -0.2) is 4.79 Å². The molecule has 1 saturated heterocycles. The summed E-state index contributed by atoms with van der Waals surface area (Å²) in [4.78, 5) is 256. The summed E-state index contributed by atoms with van der Waals surface area (Å²) in [5.41, 5.74) is 34.0. The molecule has 1 aromatic rings. The number of rotatable bonds is 50. The van der Waals surface area contributed by atoms with E-state index in [0.29, 0.717) is 12.0 Å². The second-order valence-electron chi connectivity index (χ2n) is 34.3. The van der Waals surface area contributed by atoms with Gasteiger partial charge in [0.1, 0.15) is 84.6 Å². The van der Waals surface area contributed by atoms with Crippen LogP contribution in [0.4, 0.5) is 0 Å². The van der Waals surface area contributed by atoms with Crippen LogP contribution < -0.4 is 141 Å². The normalized spacial score (nSPS) is 19.1. The smallest absolute Gasteiger partial charge is 0.328 e. The second kappa shape index (κ2) is 61.4. The number of guanidine groups is 4. The Morgan fingerprint density at radius 3 is 1.35 bits per heavy atom. The lowest BCUT2D eigenvalue weighted by Crippen LogP contribution is -2.61. The molecule has 0 bridgehead atoms.